The molecule has 2 unspecified atom stereocenters. The lowest BCUT2D eigenvalue weighted by Gasteiger charge is -2.19. The summed E-state index contributed by atoms with van der Waals surface area (Å²) in [5.74, 6) is -0.852. The van der Waals surface area contributed by atoms with E-state index in [4.69, 9.17) is 24.3 Å². The van der Waals surface area contributed by atoms with Crippen LogP contribution in [0.25, 0.3) is 0 Å². The standard InChI is InChI=1S/C36H66NO8P/c1-3-5-7-9-11-13-15-16-17-18-19-21-23-25-27-29-36(39)45-34(33-44-46(40,41)43-31-30-37)32-42-35(38)28-26-24-22-20-14-12-10-8-6-4-2/h5,7,11,13,16-17,34H,3-4,6,8-10,12,14-15,18-33,37H2,1-2H3,(H,40,41)/b7-5-,13-11-,17-16-. The fourth-order valence-corrected chi connectivity index (χ4v) is 5.41. The van der Waals surface area contributed by atoms with Gasteiger partial charge in [0.1, 0.15) is 6.61 Å². The van der Waals surface area contributed by atoms with E-state index in [1.807, 2.05) is 0 Å². The molecule has 0 fully saturated rings. The van der Waals surface area contributed by atoms with Gasteiger partial charge < -0.3 is 20.1 Å². The van der Waals surface area contributed by atoms with Crippen molar-refractivity contribution in [3.05, 3.63) is 36.5 Å². The van der Waals surface area contributed by atoms with E-state index in [9.17, 15) is 19.0 Å². The molecule has 10 heteroatoms. The van der Waals surface area contributed by atoms with E-state index < -0.39 is 32.5 Å². The molecule has 0 rings (SSSR count). The topological polar surface area (TPSA) is 134 Å². The Morgan fingerprint density at radius 3 is 1.78 bits per heavy atom. The van der Waals surface area contributed by atoms with E-state index in [-0.39, 0.29) is 32.6 Å². The Bertz CT molecular complexity index is 861. The van der Waals surface area contributed by atoms with E-state index in [2.05, 4.69) is 50.3 Å². The summed E-state index contributed by atoms with van der Waals surface area (Å²) in [6.07, 6.45) is 33.2. The summed E-state index contributed by atoms with van der Waals surface area (Å²) in [5, 5.41) is 0. The lowest BCUT2D eigenvalue weighted by molar-refractivity contribution is -0.161. The van der Waals surface area contributed by atoms with Gasteiger partial charge in [-0.25, -0.2) is 4.57 Å². The average molecular weight is 672 g/mol. The summed E-state index contributed by atoms with van der Waals surface area (Å²) in [5.41, 5.74) is 5.32. The maximum atomic E-state index is 12.5. The molecule has 46 heavy (non-hydrogen) atoms. The first-order valence-corrected chi connectivity index (χ1v) is 19.5. The summed E-state index contributed by atoms with van der Waals surface area (Å²) in [4.78, 5) is 34.6. The van der Waals surface area contributed by atoms with E-state index in [1.165, 1.54) is 44.9 Å². The van der Waals surface area contributed by atoms with Crippen molar-refractivity contribution in [1.29, 1.82) is 0 Å². The Balaban J connectivity index is 4.28. The lowest BCUT2D eigenvalue weighted by Crippen LogP contribution is -2.29. The van der Waals surface area contributed by atoms with Crippen molar-refractivity contribution in [2.45, 2.75) is 155 Å². The molecule has 0 aliphatic heterocycles. The zero-order chi connectivity index (χ0) is 34.0. The second kappa shape index (κ2) is 33.1. The quantitative estimate of drug-likeness (QED) is 0.0303. The fraction of sp³-hybridized carbons (Fsp3) is 0.778. The molecule has 0 aromatic carbocycles. The van der Waals surface area contributed by atoms with Crippen LogP contribution in [0.1, 0.15) is 149 Å². The predicted molar refractivity (Wildman–Crippen MR) is 187 cm³/mol. The summed E-state index contributed by atoms with van der Waals surface area (Å²) >= 11 is 0. The first-order valence-electron chi connectivity index (χ1n) is 18.0. The number of unbranched alkanes of at least 4 members (excludes halogenated alkanes) is 14. The second-order valence-corrected chi connectivity index (χ2v) is 13.2. The monoisotopic (exact) mass is 671 g/mol. The minimum absolute atomic E-state index is 0.0502. The summed E-state index contributed by atoms with van der Waals surface area (Å²) < 4.78 is 32.5. The smallest absolute Gasteiger partial charge is 0.462 e. The molecule has 0 amide bonds. The van der Waals surface area contributed by atoms with Crippen molar-refractivity contribution in [3.8, 4) is 0 Å². The Morgan fingerprint density at radius 1 is 0.674 bits per heavy atom. The van der Waals surface area contributed by atoms with Crippen molar-refractivity contribution < 1.29 is 37.6 Å². The van der Waals surface area contributed by atoms with Crippen molar-refractivity contribution in [1.82, 2.24) is 0 Å². The van der Waals surface area contributed by atoms with Gasteiger partial charge in [0.05, 0.1) is 13.2 Å². The van der Waals surface area contributed by atoms with Crippen molar-refractivity contribution in [2.24, 2.45) is 5.73 Å². The van der Waals surface area contributed by atoms with Crippen LogP contribution in [-0.2, 0) is 32.7 Å². The molecule has 0 aromatic heterocycles. The van der Waals surface area contributed by atoms with Crippen LogP contribution >= 0.6 is 7.82 Å². The fourth-order valence-electron chi connectivity index (χ4n) is 4.65. The average Bonchev–Trinajstić information content (AvgIpc) is 3.04. The molecule has 0 aromatic rings. The summed E-state index contributed by atoms with van der Waals surface area (Å²) in [7, 11) is -4.37. The number of esters is 2. The number of carbonyl (C=O) groups excluding carboxylic acids is 2. The van der Waals surface area contributed by atoms with Crippen molar-refractivity contribution in [3.63, 3.8) is 0 Å². The summed E-state index contributed by atoms with van der Waals surface area (Å²) in [6, 6.07) is 0. The van der Waals surface area contributed by atoms with Gasteiger partial charge in [-0.2, -0.15) is 0 Å². The van der Waals surface area contributed by atoms with Crippen LogP contribution in [0, 0.1) is 0 Å². The van der Waals surface area contributed by atoms with Crippen LogP contribution in [0.4, 0.5) is 0 Å². The Hall–Kier alpha value is -1.77. The van der Waals surface area contributed by atoms with E-state index >= 15 is 0 Å². The molecule has 9 nitrogen and oxygen atoms in total. The first kappa shape index (κ1) is 44.2. The molecule has 268 valence electrons. The highest BCUT2D eigenvalue weighted by Crippen LogP contribution is 2.43. The van der Waals surface area contributed by atoms with Crippen molar-refractivity contribution in [2.75, 3.05) is 26.4 Å². The Labute approximate surface area is 280 Å². The minimum Gasteiger partial charge on any atom is -0.462 e. The molecule has 0 aliphatic rings. The van der Waals surface area contributed by atoms with Crippen LogP contribution in [0.2, 0.25) is 0 Å². The van der Waals surface area contributed by atoms with Gasteiger partial charge in [0.15, 0.2) is 6.10 Å². The van der Waals surface area contributed by atoms with Gasteiger partial charge >= 0.3 is 19.8 Å². The van der Waals surface area contributed by atoms with Gasteiger partial charge in [-0.1, -0.05) is 127 Å². The highest BCUT2D eigenvalue weighted by molar-refractivity contribution is 7.47. The maximum Gasteiger partial charge on any atom is 0.472 e. The largest absolute Gasteiger partial charge is 0.472 e. The van der Waals surface area contributed by atoms with E-state index in [0.29, 0.717) is 6.42 Å². The molecular weight excluding hydrogens is 605 g/mol. The van der Waals surface area contributed by atoms with Gasteiger partial charge in [0.2, 0.25) is 0 Å². The van der Waals surface area contributed by atoms with Crippen LogP contribution < -0.4 is 5.73 Å². The van der Waals surface area contributed by atoms with E-state index in [0.717, 1.165) is 70.6 Å². The third-order valence-electron chi connectivity index (χ3n) is 7.29. The first-order chi connectivity index (χ1) is 22.3. The number of allylic oxidation sites excluding steroid dienone is 6. The van der Waals surface area contributed by atoms with Crippen LogP contribution in [-0.4, -0.2) is 49.3 Å². The molecule has 0 aliphatic carbocycles. The lowest BCUT2D eigenvalue weighted by atomic mass is 10.1. The van der Waals surface area contributed by atoms with Crippen LogP contribution in [0.5, 0.6) is 0 Å². The van der Waals surface area contributed by atoms with Crippen molar-refractivity contribution >= 4 is 19.8 Å². The molecule has 3 N–H and O–H groups in total. The minimum atomic E-state index is -4.37. The number of phosphoric acid groups is 1. The molecule has 0 bridgehead atoms. The number of hydrogen-bond acceptors (Lipinski definition) is 8. The van der Waals surface area contributed by atoms with Crippen LogP contribution in [0.15, 0.2) is 36.5 Å². The number of ether oxygens (including phenoxy) is 2. The number of rotatable bonds is 33. The Morgan fingerprint density at radius 2 is 1.20 bits per heavy atom. The van der Waals surface area contributed by atoms with Crippen LogP contribution in [0.3, 0.4) is 0 Å². The van der Waals surface area contributed by atoms with Gasteiger partial charge in [-0.3, -0.25) is 18.6 Å². The second-order valence-electron chi connectivity index (χ2n) is 11.7. The van der Waals surface area contributed by atoms with E-state index in [1.54, 1.807) is 0 Å². The van der Waals surface area contributed by atoms with Gasteiger partial charge in [0, 0.05) is 19.4 Å². The predicted octanol–water partition coefficient (Wildman–Crippen LogP) is 9.43. The highest BCUT2D eigenvalue weighted by Gasteiger charge is 2.25. The zero-order valence-corrected chi connectivity index (χ0v) is 29.9. The molecule has 0 spiro atoms. The Kier molecular flexibility index (Phi) is 31.9. The van der Waals surface area contributed by atoms with Gasteiger partial charge in [-0.15, -0.1) is 0 Å². The third kappa shape index (κ3) is 32.2. The third-order valence-corrected chi connectivity index (χ3v) is 8.27. The molecule has 0 radical (unpaired) electrons. The number of carbonyl (C=O) groups is 2. The highest BCUT2D eigenvalue weighted by atomic mass is 31.2. The number of nitrogens with two attached hydrogens (primary N) is 1. The molecule has 0 saturated carbocycles. The zero-order valence-electron chi connectivity index (χ0n) is 29.0. The SMILES string of the molecule is CC/C=C\C/C=C\C/C=C\CCCCCCCC(=O)OC(COC(=O)CCCCCCCCCCCC)COP(=O)(O)OCCN. The van der Waals surface area contributed by atoms with Gasteiger partial charge in [-0.05, 0) is 44.9 Å². The normalized spacial score (nSPS) is 13.9. The summed E-state index contributed by atoms with van der Waals surface area (Å²) in [6.45, 7) is 3.56. The maximum absolute atomic E-state index is 12.5. The van der Waals surface area contributed by atoms with Gasteiger partial charge in [0.25, 0.3) is 0 Å². The molecular formula is C36H66NO8P. The number of hydrogen-bond donors (Lipinski definition) is 2. The molecule has 0 saturated heterocycles. The molecule has 0 heterocycles. The molecule has 2 atom stereocenters. The number of phosphoric ester groups is 1.